The molecular weight excluding hydrogens is 192 g/mol. The average Bonchev–Trinajstić information content (AvgIpc) is 2.01. The van der Waals surface area contributed by atoms with E-state index in [-0.39, 0.29) is 0 Å². The molecule has 0 aromatic heterocycles. The maximum atomic E-state index is 3.58. The standard InChI is InChI=1S/C11H24N2S/c1-8(2)9-11(3,4)10(13(5)6)12-7-14-9/h8-10,12H,7H2,1-6H3. The molecule has 3 heteroatoms. The molecule has 1 aliphatic heterocycles. The maximum absolute atomic E-state index is 3.58. The molecule has 84 valence electrons. The van der Waals surface area contributed by atoms with E-state index < -0.39 is 0 Å². The number of thioether (sulfide) groups is 1. The van der Waals surface area contributed by atoms with Gasteiger partial charge in [-0.15, -0.1) is 11.8 Å². The summed E-state index contributed by atoms with van der Waals surface area (Å²) in [7, 11) is 4.32. The van der Waals surface area contributed by atoms with Crippen LogP contribution in [-0.4, -0.2) is 36.3 Å². The second-order valence-corrected chi connectivity index (χ2v) is 6.50. The Labute approximate surface area is 92.8 Å². The fraction of sp³-hybridized carbons (Fsp3) is 1.00. The van der Waals surface area contributed by atoms with Crippen molar-refractivity contribution in [2.24, 2.45) is 11.3 Å². The molecule has 0 aromatic rings. The lowest BCUT2D eigenvalue weighted by Gasteiger charge is -2.49. The number of nitrogens with one attached hydrogen (secondary N) is 1. The smallest absolute Gasteiger partial charge is 0.0662 e. The van der Waals surface area contributed by atoms with E-state index in [9.17, 15) is 0 Å². The van der Waals surface area contributed by atoms with Crippen molar-refractivity contribution >= 4 is 11.8 Å². The van der Waals surface area contributed by atoms with Gasteiger partial charge in [-0.05, 0) is 20.0 Å². The normalized spacial score (nSPS) is 32.6. The molecule has 1 saturated heterocycles. The monoisotopic (exact) mass is 216 g/mol. The van der Waals surface area contributed by atoms with Crippen LogP contribution in [0.2, 0.25) is 0 Å². The number of hydrogen-bond donors (Lipinski definition) is 1. The molecule has 0 spiro atoms. The molecule has 0 aliphatic carbocycles. The third-order valence-electron chi connectivity index (χ3n) is 3.10. The zero-order chi connectivity index (χ0) is 10.9. The van der Waals surface area contributed by atoms with Crippen LogP contribution in [0.5, 0.6) is 0 Å². The van der Waals surface area contributed by atoms with E-state index >= 15 is 0 Å². The fourth-order valence-corrected chi connectivity index (χ4v) is 4.13. The van der Waals surface area contributed by atoms with E-state index in [1.807, 2.05) is 0 Å². The minimum Gasteiger partial charge on any atom is -0.294 e. The quantitative estimate of drug-likeness (QED) is 0.762. The van der Waals surface area contributed by atoms with E-state index in [4.69, 9.17) is 0 Å². The van der Waals surface area contributed by atoms with Crippen molar-refractivity contribution < 1.29 is 0 Å². The van der Waals surface area contributed by atoms with E-state index in [2.05, 4.69) is 63.8 Å². The summed E-state index contributed by atoms with van der Waals surface area (Å²) in [5.41, 5.74) is 0.334. The maximum Gasteiger partial charge on any atom is 0.0662 e. The lowest BCUT2D eigenvalue weighted by molar-refractivity contribution is 0.0872. The van der Waals surface area contributed by atoms with Crippen LogP contribution in [0.25, 0.3) is 0 Å². The molecule has 1 aliphatic rings. The molecule has 0 aromatic carbocycles. The van der Waals surface area contributed by atoms with Crippen molar-refractivity contribution in [3.8, 4) is 0 Å². The first-order valence-electron chi connectivity index (χ1n) is 5.38. The second-order valence-electron chi connectivity index (χ2n) is 5.37. The molecule has 0 amide bonds. The zero-order valence-electron chi connectivity index (χ0n) is 10.3. The summed E-state index contributed by atoms with van der Waals surface area (Å²) < 4.78 is 0. The third kappa shape index (κ3) is 2.26. The Kier molecular flexibility index (Phi) is 3.89. The first kappa shape index (κ1) is 12.3. The number of rotatable bonds is 2. The Morgan fingerprint density at radius 3 is 2.36 bits per heavy atom. The van der Waals surface area contributed by atoms with Crippen LogP contribution < -0.4 is 5.32 Å². The van der Waals surface area contributed by atoms with Gasteiger partial charge in [-0.3, -0.25) is 10.2 Å². The van der Waals surface area contributed by atoms with E-state index in [1.165, 1.54) is 0 Å². The Balaban J connectivity index is 2.81. The molecule has 1 N–H and O–H groups in total. The summed E-state index contributed by atoms with van der Waals surface area (Å²) in [6, 6.07) is 0. The third-order valence-corrected chi connectivity index (χ3v) is 4.94. The summed E-state index contributed by atoms with van der Waals surface area (Å²) in [4.78, 5) is 2.30. The van der Waals surface area contributed by atoms with Gasteiger partial charge in [-0.1, -0.05) is 27.7 Å². The molecule has 1 heterocycles. The van der Waals surface area contributed by atoms with Gasteiger partial charge in [0.1, 0.15) is 0 Å². The van der Waals surface area contributed by atoms with Gasteiger partial charge in [0, 0.05) is 16.5 Å². The lowest BCUT2D eigenvalue weighted by Crippen LogP contribution is -2.59. The van der Waals surface area contributed by atoms with Gasteiger partial charge in [0.05, 0.1) is 6.17 Å². The molecular formula is C11H24N2S. The van der Waals surface area contributed by atoms with Gasteiger partial charge in [0.15, 0.2) is 0 Å². The van der Waals surface area contributed by atoms with Crippen molar-refractivity contribution in [2.75, 3.05) is 20.0 Å². The molecule has 14 heavy (non-hydrogen) atoms. The highest BCUT2D eigenvalue weighted by Crippen LogP contribution is 2.42. The second kappa shape index (κ2) is 4.42. The van der Waals surface area contributed by atoms with Crippen molar-refractivity contribution in [1.29, 1.82) is 0 Å². The van der Waals surface area contributed by atoms with Gasteiger partial charge < -0.3 is 0 Å². The van der Waals surface area contributed by atoms with E-state index in [0.717, 1.165) is 17.0 Å². The summed E-state index contributed by atoms with van der Waals surface area (Å²) in [5.74, 6) is 1.83. The lowest BCUT2D eigenvalue weighted by atomic mass is 9.79. The minimum atomic E-state index is 0.334. The van der Waals surface area contributed by atoms with Crippen LogP contribution in [-0.2, 0) is 0 Å². The van der Waals surface area contributed by atoms with Crippen LogP contribution in [0.4, 0.5) is 0 Å². The van der Waals surface area contributed by atoms with Crippen LogP contribution in [0.15, 0.2) is 0 Å². The van der Waals surface area contributed by atoms with Crippen LogP contribution in [0.1, 0.15) is 27.7 Å². The molecule has 0 saturated carbocycles. The number of hydrogen-bond acceptors (Lipinski definition) is 3. The molecule has 1 fully saturated rings. The Morgan fingerprint density at radius 2 is 1.93 bits per heavy atom. The zero-order valence-corrected chi connectivity index (χ0v) is 11.1. The highest BCUT2D eigenvalue weighted by atomic mass is 32.2. The van der Waals surface area contributed by atoms with Crippen molar-refractivity contribution in [3.63, 3.8) is 0 Å². The highest BCUT2D eigenvalue weighted by molar-refractivity contribution is 7.99. The van der Waals surface area contributed by atoms with Crippen molar-refractivity contribution in [1.82, 2.24) is 10.2 Å². The van der Waals surface area contributed by atoms with E-state index in [0.29, 0.717) is 11.6 Å². The summed E-state index contributed by atoms with van der Waals surface area (Å²) in [6.07, 6.45) is 0.496. The Hall–Kier alpha value is 0.270. The fourth-order valence-electron chi connectivity index (χ4n) is 2.75. The van der Waals surface area contributed by atoms with Crippen LogP contribution in [0, 0.1) is 11.3 Å². The summed E-state index contributed by atoms with van der Waals surface area (Å²) in [6.45, 7) is 9.41. The van der Waals surface area contributed by atoms with Gasteiger partial charge >= 0.3 is 0 Å². The largest absolute Gasteiger partial charge is 0.294 e. The highest BCUT2D eigenvalue weighted by Gasteiger charge is 2.42. The molecule has 0 radical (unpaired) electrons. The first-order valence-corrected chi connectivity index (χ1v) is 6.43. The Bertz CT molecular complexity index is 172. The van der Waals surface area contributed by atoms with Crippen LogP contribution >= 0.6 is 11.8 Å². The van der Waals surface area contributed by atoms with Gasteiger partial charge in [0.2, 0.25) is 0 Å². The molecule has 2 nitrogen and oxygen atoms in total. The predicted molar refractivity (Wildman–Crippen MR) is 65.5 cm³/mol. The molecule has 0 bridgehead atoms. The average molecular weight is 216 g/mol. The predicted octanol–water partition coefficient (Wildman–Crippen LogP) is 2.22. The van der Waals surface area contributed by atoms with Gasteiger partial charge in [-0.2, -0.15) is 0 Å². The van der Waals surface area contributed by atoms with Gasteiger partial charge in [-0.25, -0.2) is 0 Å². The van der Waals surface area contributed by atoms with Gasteiger partial charge in [0.25, 0.3) is 0 Å². The Morgan fingerprint density at radius 1 is 1.36 bits per heavy atom. The number of nitrogens with zero attached hydrogens (tertiary/aromatic N) is 1. The molecule has 1 rings (SSSR count). The summed E-state index contributed by atoms with van der Waals surface area (Å²) in [5, 5.41) is 4.33. The first-order chi connectivity index (χ1) is 6.37. The molecule has 2 atom stereocenters. The van der Waals surface area contributed by atoms with E-state index in [1.54, 1.807) is 0 Å². The molecule has 2 unspecified atom stereocenters. The van der Waals surface area contributed by atoms with Crippen molar-refractivity contribution in [2.45, 2.75) is 39.1 Å². The minimum absolute atomic E-state index is 0.334. The SMILES string of the molecule is CC(C)C1SCNC(N(C)C)C1(C)C. The topological polar surface area (TPSA) is 15.3 Å². The van der Waals surface area contributed by atoms with Crippen molar-refractivity contribution in [3.05, 3.63) is 0 Å². The van der Waals surface area contributed by atoms with Crippen LogP contribution in [0.3, 0.4) is 0 Å². The summed E-state index contributed by atoms with van der Waals surface area (Å²) >= 11 is 2.06.